The van der Waals surface area contributed by atoms with Gasteiger partial charge in [-0.25, -0.2) is 4.98 Å². The van der Waals surface area contributed by atoms with Gasteiger partial charge < -0.3 is 5.32 Å². The third-order valence-electron chi connectivity index (χ3n) is 2.39. The lowest BCUT2D eigenvalue weighted by molar-refractivity contribution is -0.384. The standard InChI is InChI=1S/C12H7ClFN3O3/c13-9-5-7(1-3-10(9)17(19)20)12(18)16-8-2-4-11(14)15-6-8/h1-6H,(H,16,18). The van der Waals surface area contributed by atoms with Gasteiger partial charge in [0.25, 0.3) is 11.6 Å². The highest BCUT2D eigenvalue weighted by atomic mass is 35.5. The average Bonchev–Trinajstić information content (AvgIpc) is 2.40. The highest BCUT2D eigenvalue weighted by molar-refractivity contribution is 6.33. The Morgan fingerprint density at radius 3 is 2.65 bits per heavy atom. The smallest absolute Gasteiger partial charge is 0.287 e. The molecule has 0 aliphatic rings. The molecule has 1 aromatic heterocycles. The largest absolute Gasteiger partial charge is 0.321 e. The Labute approximate surface area is 117 Å². The molecule has 0 radical (unpaired) electrons. The summed E-state index contributed by atoms with van der Waals surface area (Å²) in [6.45, 7) is 0. The summed E-state index contributed by atoms with van der Waals surface area (Å²) in [5.41, 5.74) is 0.155. The number of benzene rings is 1. The van der Waals surface area contributed by atoms with Gasteiger partial charge in [-0.2, -0.15) is 4.39 Å². The number of halogens is 2. The highest BCUT2D eigenvalue weighted by Gasteiger charge is 2.15. The van der Waals surface area contributed by atoms with Crippen LogP contribution < -0.4 is 5.32 Å². The van der Waals surface area contributed by atoms with E-state index in [4.69, 9.17) is 11.6 Å². The van der Waals surface area contributed by atoms with Crippen LogP contribution in [0.4, 0.5) is 15.8 Å². The van der Waals surface area contributed by atoms with Crippen LogP contribution in [-0.4, -0.2) is 15.8 Å². The van der Waals surface area contributed by atoms with Crippen molar-refractivity contribution in [3.8, 4) is 0 Å². The number of amides is 1. The Kier molecular flexibility index (Phi) is 3.90. The number of hydrogen-bond acceptors (Lipinski definition) is 4. The van der Waals surface area contributed by atoms with E-state index in [0.29, 0.717) is 5.69 Å². The topological polar surface area (TPSA) is 85.1 Å². The van der Waals surface area contributed by atoms with E-state index in [1.54, 1.807) is 0 Å². The first-order valence-electron chi connectivity index (χ1n) is 5.34. The second-order valence-corrected chi connectivity index (χ2v) is 4.15. The maximum absolute atomic E-state index is 12.6. The SMILES string of the molecule is O=C(Nc1ccc(F)nc1)c1ccc([N+](=O)[O-])c(Cl)c1. The van der Waals surface area contributed by atoms with E-state index >= 15 is 0 Å². The second kappa shape index (κ2) is 5.62. The summed E-state index contributed by atoms with van der Waals surface area (Å²) >= 11 is 5.71. The van der Waals surface area contributed by atoms with Crippen molar-refractivity contribution in [1.82, 2.24) is 4.98 Å². The summed E-state index contributed by atoms with van der Waals surface area (Å²) in [4.78, 5) is 25.2. The number of carbonyl (C=O) groups is 1. The van der Waals surface area contributed by atoms with Gasteiger partial charge in [0.05, 0.1) is 16.8 Å². The Morgan fingerprint density at radius 2 is 2.10 bits per heavy atom. The molecule has 1 N–H and O–H groups in total. The van der Waals surface area contributed by atoms with Crippen LogP contribution in [0.5, 0.6) is 0 Å². The van der Waals surface area contributed by atoms with Crippen LogP contribution in [0.15, 0.2) is 36.5 Å². The lowest BCUT2D eigenvalue weighted by atomic mass is 10.2. The molecule has 6 nitrogen and oxygen atoms in total. The Balaban J connectivity index is 2.19. The van der Waals surface area contributed by atoms with Crippen LogP contribution in [0.3, 0.4) is 0 Å². The lowest BCUT2D eigenvalue weighted by Gasteiger charge is -2.05. The first-order chi connectivity index (χ1) is 9.47. The van der Waals surface area contributed by atoms with E-state index < -0.39 is 16.8 Å². The fourth-order valence-electron chi connectivity index (χ4n) is 1.45. The quantitative estimate of drug-likeness (QED) is 0.536. The minimum Gasteiger partial charge on any atom is -0.321 e. The molecule has 0 bridgehead atoms. The zero-order valence-electron chi connectivity index (χ0n) is 9.84. The molecule has 102 valence electrons. The number of rotatable bonds is 3. The molecule has 20 heavy (non-hydrogen) atoms. The fraction of sp³-hybridized carbons (Fsp3) is 0. The van der Waals surface area contributed by atoms with E-state index in [-0.39, 0.29) is 16.3 Å². The minimum absolute atomic E-state index is 0.139. The van der Waals surface area contributed by atoms with Crippen molar-refractivity contribution in [2.75, 3.05) is 5.32 Å². The van der Waals surface area contributed by atoms with Crippen molar-refractivity contribution in [2.24, 2.45) is 0 Å². The minimum atomic E-state index is -0.665. The molecule has 0 aliphatic carbocycles. The van der Waals surface area contributed by atoms with Gasteiger partial charge in [-0.05, 0) is 24.3 Å². The second-order valence-electron chi connectivity index (χ2n) is 3.75. The molecule has 0 fully saturated rings. The van der Waals surface area contributed by atoms with Crippen LogP contribution in [-0.2, 0) is 0 Å². The van der Waals surface area contributed by atoms with Gasteiger partial charge in [-0.1, -0.05) is 11.6 Å². The Hall–Kier alpha value is -2.54. The van der Waals surface area contributed by atoms with E-state index in [9.17, 15) is 19.3 Å². The van der Waals surface area contributed by atoms with Gasteiger partial charge in [0, 0.05) is 11.6 Å². The third-order valence-corrected chi connectivity index (χ3v) is 2.69. The number of pyridine rings is 1. The van der Waals surface area contributed by atoms with Crippen molar-refractivity contribution in [2.45, 2.75) is 0 Å². The van der Waals surface area contributed by atoms with Gasteiger partial charge in [-0.15, -0.1) is 0 Å². The summed E-state index contributed by atoms with van der Waals surface area (Å²) in [6, 6.07) is 6.04. The third kappa shape index (κ3) is 3.07. The molecule has 0 unspecified atom stereocenters. The van der Waals surface area contributed by atoms with Crippen molar-refractivity contribution in [3.63, 3.8) is 0 Å². The van der Waals surface area contributed by atoms with Crippen LogP contribution in [0.1, 0.15) is 10.4 Å². The maximum Gasteiger partial charge on any atom is 0.287 e. The van der Waals surface area contributed by atoms with Gasteiger partial charge in [0.15, 0.2) is 0 Å². The predicted octanol–water partition coefficient (Wildman–Crippen LogP) is 3.03. The van der Waals surface area contributed by atoms with Crippen LogP contribution >= 0.6 is 11.6 Å². The van der Waals surface area contributed by atoms with Crippen LogP contribution in [0.2, 0.25) is 5.02 Å². The average molecular weight is 296 g/mol. The molecule has 1 amide bonds. The summed E-state index contributed by atoms with van der Waals surface area (Å²) in [5.74, 6) is -1.20. The molecule has 0 atom stereocenters. The van der Waals surface area contributed by atoms with E-state index in [2.05, 4.69) is 10.3 Å². The monoisotopic (exact) mass is 295 g/mol. The summed E-state index contributed by atoms with van der Waals surface area (Å²) in [6.07, 6.45) is 1.15. The van der Waals surface area contributed by atoms with Crippen molar-refractivity contribution >= 4 is 28.9 Å². The van der Waals surface area contributed by atoms with Crippen molar-refractivity contribution in [1.29, 1.82) is 0 Å². The van der Waals surface area contributed by atoms with Gasteiger partial charge in [0.2, 0.25) is 5.95 Å². The number of aromatic nitrogens is 1. The molecule has 0 spiro atoms. The molecule has 1 heterocycles. The highest BCUT2D eigenvalue weighted by Crippen LogP contribution is 2.25. The maximum atomic E-state index is 12.6. The summed E-state index contributed by atoms with van der Waals surface area (Å²) < 4.78 is 12.6. The summed E-state index contributed by atoms with van der Waals surface area (Å²) in [7, 11) is 0. The first kappa shape index (κ1) is 13.9. The number of hydrogen-bond donors (Lipinski definition) is 1. The lowest BCUT2D eigenvalue weighted by Crippen LogP contribution is -2.12. The van der Waals surface area contributed by atoms with E-state index in [1.807, 2.05) is 0 Å². The van der Waals surface area contributed by atoms with Crippen LogP contribution in [0.25, 0.3) is 0 Å². The molecule has 2 aromatic rings. The zero-order valence-corrected chi connectivity index (χ0v) is 10.6. The number of nitrogens with one attached hydrogen (secondary N) is 1. The van der Waals surface area contributed by atoms with Crippen molar-refractivity contribution in [3.05, 3.63) is 63.2 Å². The molecule has 0 saturated heterocycles. The number of nitro benzene ring substituents is 1. The van der Waals surface area contributed by atoms with Gasteiger partial charge in [0.1, 0.15) is 5.02 Å². The van der Waals surface area contributed by atoms with Crippen LogP contribution in [0, 0.1) is 16.1 Å². The number of nitro groups is 1. The van der Waals surface area contributed by atoms with E-state index in [0.717, 1.165) is 18.3 Å². The predicted molar refractivity (Wildman–Crippen MR) is 70.3 cm³/mol. The van der Waals surface area contributed by atoms with Gasteiger partial charge >= 0.3 is 0 Å². The molecule has 0 saturated carbocycles. The van der Waals surface area contributed by atoms with E-state index in [1.165, 1.54) is 18.2 Å². The fourth-order valence-corrected chi connectivity index (χ4v) is 1.70. The summed E-state index contributed by atoms with van der Waals surface area (Å²) in [5, 5.41) is 12.9. The molecule has 0 aliphatic heterocycles. The zero-order chi connectivity index (χ0) is 14.7. The Bertz CT molecular complexity index is 676. The number of carbonyl (C=O) groups excluding carboxylic acids is 1. The molecule has 2 rings (SSSR count). The van der Waals surface area contributed by atoms with Gasteiger partial charge in [-0.3, -0.25) is 14.9 Å². The number of anilines is 1. The molecule has 1 aromatic carbocycles. The molecular formula is C12H7ClFN3O3. The Morgan fingerprint density at radius 1 is 1.35 bits per heavy atom. The molecule has 8 heteroatoms. The molecular weight excluding hydrogens is 289 g/mol. The number of nitrogens with zero attached hydrogens (tertiary/aromatic N) is 2. The first-order valence-corrected chi connectivity index (χ1v) is 5.72. The van der Waals surface area contributed by atoms with Crippen molar-refractivity contribution < 1.29 is 14.1 Å². The normalized spacial score (nSPS) is 10.1.